The van der Waals surface area contributed by atoms with Gasteiger partial charge >= 0.3 is 5.63 Å². The maximum absolute atomic E-state index is 14.7. The van der Waals surface area contributed by atoms with Crippen LogP contribution in [-0.2, 0) is 9.59 Å². The van der Waals surface area contributed by atoms with Crippen molar-refractivity contribution in [2.24, 2.45) is 5.92 Å². The van der Waals surface area contributed by atoms with Crippen LogP contribution in [0.25, 0.3) is 11.0 Å². The highest BCUT2D eigenvalue weighted by Crippen LogP contribution is 2.36. The zero-order chi connectivity index (χ0) is 34.5. The van der Waals surface area contributed by atoms with Gasteiger partial charge in [-0.25, -0.2) is 14.2 Å². The summed E-state index contributed by atoms with van der Waals surface area (Å²) in [6.07, 6.45) is 2.26. The van der Waals surface area contributed by atoms with Crippen molar-refractivity contribution < 1.29 is 28.0 Å². The molecule has 4 amide bonds. The lowest BCUT2D eigenvalue weighted by Crippen LogP contribution is -2.54. The number of carbonyl (C=O) groups excluding carboxylic acids is 4. The number of amides is 4. The highest BCUT2D eigenvalue weighted by atomic mass is 19.1. The van der Waals surface area contributed by atoms with Crippen LogP contribution in [-0.4, -0.2) is 95.3 Å². The van der Waals surface area contributed by atoms with Crippen LogP contribution in [0.5, 0.6) is 0 Å². The van der Waals surface area contributed by atoms with Gasteiger partial charge in [-0.1, -0.05) is 6.07 Å². The molecule has 0 saturated carbocycles. The molecule has 3 fully saturated rings. The largest absolute Gasteiger partial charge is 0.423 e. The van der Waals surface area contributed by atoms with E-state index in [-0.39, 0.29) is 24.2 Å². The molecule has 2 aromatic heterocycles. The number of fused-ring (bicyclic) bond motifs is 2. The lowest BCUT2D eigenvalue weighted by atomic mass is 10.0. The van der Waals surface area contributed by atoms with E-state index >= 15 is 0 Å². The zero-order valence-corrected chi connectivity index (χ0v) is 26.9. The number of hydrogen-bond acceptors (Lipinski definition) is 12. The smallest absolute Gasteiger partial charge is 0.336 e. The molecule has 8 rings (SSSR count). The van der Waals surface area contributed by atoms with Gasteiger partial charge in [-0.2, -0.15) is 4.98 Å². The molecule has 4 aliphatic heterocycles. The quantitative estimate of drug-likeness (QED) is 0.217. The SMILES string of the molecule is O=C1CCC(N2C(=O)c3cccc(N4CCC(CN5CCN(c6ncc(F)c(Nc7ccc8oc(=O)ccc8c7)n6)CC5)C4)c3C2=O)C(=O)N1. The number of imide groups is 2. The number of halogens is 1. The number of nitrogens with zero attached hydrogens (tertiary/aromatic N) is 6. The molecule has 3 saturated heterocycles. The van der Waals surface area contributed by atoms with Crippen molar-refractivity contribution in [2.45, 2.75) is 25.3 Å². The van der Waals surface area contributed by atoms with Gasteiger partial charge in [-0.05, 0) is 55.2 Å². The highest BCUT2D eigenvalue weighted by Gasteiger charge is 2.46. The average molecular weight is 681 g/mol. The normalized spacial score (nSPS) is 21.3. The molecule has 4 aromatic rings. The summed E-state index contributed by atoms with van der Waals surface area (Å²) >= 11 is 0. The first kappa shape index (κ1) is 31.6. The van der Waals surface area contributed by atoms with Crippen LogP contribution in [0.4, 0.5) is 27.5 Å². The van der Waals surface area contributed by atoms with Gasteiger partial charge in [0.1, 0.15) is 11.6 Å². The van der Waals surface area contributed by atoms with E-state index in [4.69, 9.17) is 4.42 Å². The molecule has 50 heavy (non-hydrogen) atoms. The zero-order valence-electron chi connectivity index (χ0n) is 26.9. The number of benzene rings is 2. The molecule has 15 heteroatoms. The summed E-state index contributed by atoms with van der Waals surface area (Å²) in [4.78, 5) is 78.9. The first-order chi connectivity index (χ1) is 24.2. The summed E-state index contributed by atoms with van der Waals surface area (Å²) in [6, 6.07) is 12.3. The van der Waals surface area contributed by atoms with Crippen LogP contribution < -0.4 is 26.1 Å². The van der Waals surface area contributed by atoms with Crippen LogP contribution in [0.1, 0.15) is 40.0 Å². The molecule has 6 heterocycles. The van der Waals surface area contributed by atoms with E-state index in [9.17, 15) is 28.4 Å². The van der Waals surface area contributed by atoms with Gasteiger partial charge in [-0.15, -0.1) is 0 Å². The van der Waals surface area contributed by atoms with Crippen LogP contribution in [0.2, 0.25) is 0 Å². The summed E-state index contributed by atoms with van der Waals surface area (Å²) in [5.41, 5.74) is 1.88. The number of piperidine rings is 1. The maximum Gasteiger partial charge on any atom is 0.336 e. The molecule has 2 atom stereocenters. The molecule has 256 valence electrons. The standard InChI is InChI=1S/C35H33FN8O6/c36-24-17-37-35(40-31(24)38-22-5-7-27-21(16-22)4-9-29(46)50-27)42-14-12-41(13-15-42)18-20-10-11-43(19-20)25-3-1-2-23-30(25)34(49)44(33(23)48)26-6-8-28(45)39-32(26)47/h1-5,7,9,16-17,20,26H,6,8,10-15,18-19H2,(H,37,38,40)(H,39,45,47). The molecule has 4 aliphatic rings. The van der Waals surface area contributed by atoms with Gasteiger partial charge < -0.3 is 19.5 Å². The Labute approximate surface area is 284 Å². The molecule has 0 aliphatic carbocycles. The summed E-state index contributed by atoms with van der Waals surface area (Å²) in [7, 11) is 0. The van der Waals surface area contributed by atoms with E-state index in [2.05, 4.69) is 30.4 Å². The second-order valence-corrected chi connectivity index (χ2v) is 13.0. The Bertz CT molecular complexity index is 2110. The minimum Gasteiger partial charge on any atom is -0.423 e. The van der Waals surface area contributed by atoms with Crippen molar-refractivity contribution in [3.63, 3.8) is 0 Å². The fourth-order valence-electron chi connectivity index (χ4n) is 7.34. The molecule has 0 bridgehead atoms. The Hall–Kier alpha value is -5.70. The molecular formula is C35H33FN8O6. The third kappa shape index (κ3) is 5.82. The maximum atomic E-state index is 14.7. The predicted octanol–water partition coefficient (Wildman–Crippen LogP) is 2.52. The molecule has 14 nitrogen and oxygen atoms in total. The fourth-order valence-corrected chi connectivity index (χ4v) is 7.34. The second kappa shape index (κ2) is 12.6. The number of carbonyl (C=O) groups is 4. The number of anilines is 4. The van der Waals surface area contributed by atoms with Gasteiger partial charge in [0.15, 0.2) is 11.6 Å². The molecule has 2 unspecified atom stereocenters. The van der Waals surface area contributed by atoms with Crippen molar-refractivity contribution in [1.29, 1.82) is 0 Å². The Balaban J connectivity index is 0.883. The first-order valence-corrected chi connectivity index (χ1v) is 16.6. The van der Waals surface area contributed by atoms with Crippen molar-refractivity contribution in [3.05, 3.63) is 82.1 Å². The van der Waals surface area contributed by atoms with Gasteiger partial charge in [0, 0.05) is 69.4 Å². The second-order valence-electron chi connectivity index (χ2n) is 13.0. The predicted molar refractivity (Wildman–Crippen MR) is 180 cm³/mol. The number of hydrogen-bond donors (Lipinski definition) is 2. The number of aromatic nitrogens is 2. The topological polar surface area (TPSA) is 161 Å². The Morgan fingerprint density at radius 3 is 2.58 bits per heavy atom. The number of nitrogens with one attached hydrogen (secondary N) is 2. The third-order valence-corrected chi connectivity index (χ3v) is 9.86. The monoisotopic (exact) mass is 680 g/mol. The lowest BCUT2D eigenvalue weighted by molar-refractivity contribution is -0.136. The van der Waals surface area contributed by atoms with Gasteiger partial charge in [0.05, 0.1) is 23.0 Å². The van der Waals surface area contributed by atoms with Gasteiger partial charge in [0.25, 0.3) is 11.8 Å². The van der Waals surface area contributed by atoms with E-state index in [0.29, 0.717) is 59.4 Å². The van der Waals surface area contributed by atoms with Crippen LogP contribution in [0, 0.1) is 11.7 Å². The Morgan fingerprint density at radius 1 is 0.920 bits per heavy atom. The number of piperazine rings is 1. The van der Waals surface area contributed by atoms with E-state index < -0.39 is 41.1 Å². The summed E-state index contributed by atoms with van der Waals surface area (Å²) in [5.74, 6) is -1.81. The third-order valence-electron chi connectivity index (χ3n) is 9.86. The van der Waals surface area contributed by atoms with Crippen LogP contribution >= 0.6 is 0 Å². The average Bonchev–Trinajstić information content (AvgIpc) is 3.68. The first-order valence-electron chi connectivity index (χ1n) is 16.6. The van der Waals surface area contributed by atoms with E-state index in [1.165, 1.54) is 6.07 Å². The van der Waals surface area contributed by atoms with Crippen molar-refractivity contribution in [3.8, 4) is 0 Å². The van der Waals surface area contributed by atoms with Crippen molar-refractivity contribution in [2.75, 3.05) is 60.9 Å². The van der Waals surface area contributed by atoms with Crippen molar-refractivity contribution >= 4 is 57.7 Å². The minimum absolute atomic E-state index is 0.0491. The number of rotatable bonds is 7. The Kier molecular flexibility index (Phi) is 7.98. The lowest BCUT2D eigenvalue weighted by Gasteiger charge is -2.36. The highest BCUT2D eigenvalue weighted by molar-refractivity contribution is 6.25. The Morgan fingerprint density at radius 2 is 1.76 bits per heavy atom. The van der Waals surface area contributed by atoms with Gasteiger partial charge in [-0.3, -0.25) is 34.3 Å². The van der Waals surface area contributed by atoms with E-state index in [1.807, 2.05) is 11.0 Å². The molecule has 2 aromatic carbocycles. The van der Waals surface area contributed by atoms with Crippen LogP contribution in [0.15, 0.2) is 63.9 Å². The molecular weight excluding hydrogens is 647 g/mol. The van der Waals surface area contributed by atoms with Gasteiger partial charge in [0.2, 0.25) is 17.8 Å². The minimum atomic E-state index is -1.00. The van der Waals surface area contributed by atoms with Crippen LogP contribution in [0.3, 0.4) is 0 Å². The summed E-state index contributed by atoms with van der Waals surface area (Å²) < 4.78 is 19.9. The van der Waals surface area contributed by atoms with Crippen molar-refractivity contribution in [1.82, 2.24) is 25.1 Å². The van der Waals surface area contributed by atoms with E-state index in [1.54, 1.807) is 36.4 Å². The summed E-state index contributed by atoms with van der Waals surface area (Å²) in [6.45, 7) is 5.16. The van der Waals surface area contributed by atoms with E-state index in [0.717, 1.165) is 43.7 Å². The summed E-state index contributed by atoms with van der Waals surface area (Å²) in [5, 5.41) is 5.95. The molecule has 0 spiro atoms. The molecule has 0 radical (unpaired) electrons. The fraction of sp³-hybridized carbons (Fsp3) is 0.343. The molecule has 2 N–H and O–H groups in total.